The summed E-state index contributed by atoms with van der Waals surface area (Å²) in [5, 5.41) is 13.7. The maximum absolute atomic E-state index is 14.0. The van der Waals surface area contributed by atoms with Crippen LogP contribution in [0.2, 0.25) is 0 Å². The lowest BCUT2D eigenvalue weighted by molar-refractivity contribution is -0.138. The van der Waals surface area contributed by atoms with E-state index in [2.05, 4.69) is 20.2 Å². The molecule has 3 aromatic rings. The van der Waals surface area contributed by atoms with Gasteiger partial charge in [-0.25, -0.2) is 15.0 Å². The zero-order valence-electron chi connectivity index (χ0n) is 22.9. The number of aliphatic hydroxyl groups is 1. The third-order valence-electron chi connectivity index (χ3n) is 8.48. The summed E-state index contributed by atoms with van der Waals surface area (Å²) in [6.45, 7) is 3.39. The number of hydrogen-bond acceptors (Lipinski definition) is 8. The predicted molar refractivity (Wildman–Crippen MR) is 148 cm³/mol. The number of fused-ring (bicyclic) bond motifs is 1. The highest BCUT2D eigenvalue weighted by Gasteiger charge is 2.40. The molecule has 218 valence electrons. The fraction of sp³-hybridized carbons (Fsp3) is 0.500. The molecule has 2 fully saturated rings. The van der Waals surface area contributed by atoms with E-state index in [-0.39, 0.29) is 18.4 Å². The Morgan fingerprint density at radius 2 is 1.76 bits per heavy atom. The van der Waals surface area contributed by atoms with Crippen molar-refractivity contribution in [2.24, 2.45) is 11.8 Å². The number of hydroxylamine groups is 1. The van der Waals surface area contributed by atoms with Crippen LogP contribution in [0.4, 0.5) is 30.8 Å². The minimum absolute atomic E-state index is 0.0266. The minimum Gasteiger partial charge on any atom is -0.396 e. The summed E-state index contributed by atoms with van der Waals surface area (Å²) in [7, 11) is 0. The quantitative estimate of drug-likeness (QED) is 0.377. The summed E-state index contributed by atoms with van der Waals surface area (Å²) < 4.78 is 41.9. The molecule has 1 aromatic carbocycles. The molecule has 1 aliphatic carbocycles. The molecule has 41 heavy (non-hydrogen) atoms. The van der Waals surface area contributed by atoms with E-state index in [1.165, 1.54) is 17.9 Å². The van der Waals surface area contributed by atoms with Crippen LogP contribution in [-0.4, -0.2) is 51.3 Å². The smallest absolute Gasteiger partial charge is 0.396 e. The molecule has 0 spiro atoms. The topological polar surface area (TPSA) is 86.6 Å². The highest BCUT2D eigenvalue weighted by Crippen LogP contribution is 2.41. The SMILES string of the molecule is OCC1CCC(CN2CCc3nc(Nc4ncc(C(F)(F)F)c(N5OCC[C@H]5c5ccccc5)n4)ccc3C2)CC1. The number of alkyl halides is 3. The Hall–Kier alpha value is -3.28. The first-order valence-electron chi connectivity index (χ1n) is 14.4. The van der Waals surface area contributed by atoms with Gasteiger partial charge in [0.05, 0.1) is 12.6 Å². The number of rotatable bonds is 7. The molecule has 0 radical (unpaired) electrons. The van der Waals surface area contributed by atoms with Gasteiger partial charge in [0.2, 0.25) is 5.95 Å². The van der Waals surface area contributed by atoms with Crippen LogP contribution >= 0.6 is 0 Å². The number of pyridine rings is 1. The third kappa shape index (κ3) is 6.32. The van der Waals surface area contributed by atoms with Gasteiger partial charge in [0.1, 0.15) is 11.4 Å². The number of nitrogens with zero attached hydrogens (tertiary/aromatic N) is 5. The Bertz CT molecular complexity index is 1330. The van der Waals surface area contributed by atoms with Crippen LogP contribution in [-0.2, 0) is 24.0 Å². The predicted octanol–water partition coefficient (Wildman–Crippen LogP) is 5.67. The first kappa shape index (κ1) is 27.9. The second-order valence-corrected chi connectivity index (χ2v) is 11.3. The molecule has 3 aliphatic rings. The van der Waals surface area contributed by atoms with E-state index in [4.69, 9.17) is 9.82 Å². The van der Waals surface area contributed by atoms with Crippen molar-refractivity contribution in [2.75, 3.05) is 36.7 Å². The largest absolute Gasteiger partial charge is 0.421 e. The first-order valence-corrected chi connectivity index (χ1v) is 14.4. The fourth-order valence-electron chi connectivity index (χ4n) is 6.23. The molecular weight excluding hydrogens is 533 g/mol. The third-order valence-corrected chi connectivity index (χ3v) is 8.48. The zero-order valence-corrected chi connectivity index (χ0v) is 22.9. The van der Waals surface area contributed by atoms with Gasteiger partial charge in [0.15, 0.2) is 5.82 Å². The van der Waals surface area contributed by atoms with Gasteiger partial charge in [0, 0.05) is 51.0 Å². The maximum Gasteiger partial charge on any atom is 0.421 e. The average molecular weight is 569 g/mol. The van der Waals surface area contributed by atoms with Crippen LogP contribution in [0.3, 0.4) is 0 Å². The van der Waals surface area contributed by atoms with Gasteiger partial charge in [0.25, 0.3) is 0 Å². The number of benzene rings is 1. The second-order valence-electron chi connectivity index (χ2n) is 11.3. The number of anilines is 3. The molecule has 1 saturated heterocycles. The summed E-state index contributed by atoms with van der Waals surface area (Å²) in [6, 6.07) is 12.8. The number of nitrogens with one attached hydrogen (secondary N) is 1. The van der Waals surface area contributed by atoms with E-state index >= 15 is 0 Å². The Morgan fingerprint density at radius 1 is 0.976 bits per heavy atom. The molecular formula is C30H35F3N6O2. The van der Waals surface area contributed by atoms with Crippen molar-refractivity contribution in [1.82, 2.24) is 19.9 Å². The summed E-state index contributed by atoms with van der Waals surface area (Å²) >= 11 is 0. The molecule has 2 aromatic heterocycles. The van der Waals surface area contributed by atoms with Crippen molar-refractivity contribution in [1.29, 1.82) is 0 Å². The molecule has 2 aliphatic heterocycles. The Labute approximate surface area is 237 Å². The average Bonchev–Trinajstić information content (AvgIpc) is 3.48. The molecule has 2 N–H and O–H groups in total. The highest BCUT2D eigenvalue weighted by molar-refractivity contribution is 5.56. The standard InChI is InChI=1S/C30H35F3N6O2/c31-30(32,33)24-16-34-29(37-28(24)39-26(13-15-41-39)22-4-2-1-3-5-22)36-27-11-10-23-18-38(14-12-25(23)35-27)17-20-6-8-21(19-40)9-7-20/h1-5,10-11,16,20-21,26,40H,6-9,12-15,17-19H2,(H,34,35,36,37)/t20?,21?,26-/m0/s1. The molecule has 1 atom stereocenters. The van der Waals surface area contributed by atoms with Gasteiger partial charge in [-0.05, 0) is 54.7 Å². The van der Waals surface area contributed by atoms with E-state index in [0.29, 0.717) is 30.7 Å². The van der Waals surface area contributed by atoms with Gasteiger partial charge >= 0.3 is 6.18 Å². The minimum atomic E-state index is -4.64. The van der Waals surface area contributed by atoms with Crippen LogP contribution < -0.4 is 10.4 Å². The highest BCUT2D eigenvalue weighted by atomic mass is 19.4. The van der Waals surface area contributed by atoms with Gasteiger partial charge in [-0.15, -0.1) is 0 Å². The van der Waals surface area contributed by atoms with Crippen LogP contribution in [0.25, 0.3) is 0 Å². The first-order chi connectivity index (χ1) is 19.9. The lowest BCUT2D eigenvalue weighted by Crippen LogP contribution is -2.36. The summed E-state index contributed by atoms with van der Waals surface area (Å²) in [4.78, 5) is 21.2. The van der Waals surface area contributed by atoms with Gasteiger partial charge in [-0.1, -0.05) is 36.4 Å². The van der Waals surface area contributed by atoms with Crippen LogP contribution in [0.5, 0.6) is 0 Å². The number of halogens is 3. The van der Waals surface area contributed by atoms with Crippen LogP contribution in [0, 0.1) is 11.8 Å². The van der Waals surface area contributed by atoms with E-state index in [1.807, 2.05) is 42.5 Å². The van der Waals surface area contributed by atoms with Crippen molar-refractivity contribution < 1.29 is 23.1 Å². The van der Waals surface area contributed by atoms with Crippen molar-refractivity contribution in [2.45, 2.75) is 57.3 Å². The normalized spacial score (nSPS) is 23.4. The molecule has 0 amide bonds. The summed E-state index contributed by atoms with van der Waals surface area (Å²) in [6.07, 6.45) is 2.05. The molecule has 1 saturated carbocycles. The van der Waals surface area contributed by atoms with Crippen molar-refractivity contribution in [3.8, 4) is 0 Å². The van der Waals surface area contributed by atoms with Crippen molar-refractivity contribution >= 4 is 17.6 Å². The maximum atomic E-state index is 14.0. The fourth-order valence-corrected chi connectivity index (χ4v) is 6.23. The lowest BCUT2D eigenvalue weighted by Gasteiger charge is -2.34. The van der Waals surface area contributed by atoms with Gasteiger partial charge < -0.3 is 10.4 Å². The number of hydrogen-bond donors (Lipinski definition) is 2. The molecule has 8 nitrogen and oxygen atoms in total. The monoisotopic (exact) mass is 568 g/mol. The van der Waals surface area contributed by atoms with E-state index in [0.717, 1.165) is 61.9 Å². The summed E-state index contributed by atoms with van der Waals surface area (Å²) in [5.74, 6) is 1.33. The van der Waals surface area contributed by atoms with Crippen LogP contribution in [0.1, 0.15) is 60.5 Å². The van der Waals surface area contributed by atoms with Gasteiger partial charge in [-0.2, -0.15) is 18.2 Å². The number of aliphatic hydroxyl groups excluding tert-OH is 1. The molecule has 6 rings (SSSR count). The Kier molecular flexibility index (Phi) is 8.10. The molecule has 4 heterocycles. The Balaban J connectivity index is 1.17. The summed E-state index contributed by atoms with van der Waals surface area (Å²) in [5.41, 5.74) is 2.05. The molecule has 0 unspecified atom stereocenters. The van der Waals surface area contributed by atoms with Crippen molar-refractivity contribution in [3.05, 3.63) is 71.0 Å². The molecule has 0 bridgehead atoms. The van der Waals surface area contributed by atoms with E-state index in [9.17, 15) is 18.3 Å². The van der Waals surface area contributed by atoms with Gasteiger partial charge in [-0.3, -0.25) is 9.74 Å². The number of aromatic nitrogens is 3. The van der Waals surface area contributed by atoms with Crippen molar-refractivity contribution in [3.63, 3.8) is 0 Å². The van der Waals surface area contributed by atoms with Crippen LogP contribution in [0.15, 0.2) is 48.7 Å². The lowest BCUT2D eigenvalue weighted by atomic mass is 9.82. The Morgan fingerprint density at radius 3 is 2.51 bits per heavy atom. The molecule has 11 heteroatoms. The van der Waals surface area contributed by atoms with E-state index in [1.54, 1.807) is 0 Å². The van der Waals surface area contributed by atoms with E-state index < -0.39 is 17.8 Å². The second kappa shape index (κ2) is 11.9. The zero-order chi connectivity index (χ0) is 28.4.